The van der Waals surface area contributed by atoms with Crippen LogP contribution in [0.5, 0.6) is 0 Å². The van der Waals surface area contributed by atoms with Crippen molar-refractivity contribution in [2.45, 2.75) is 26.5 Å². The Kier molecular flexibility index (Phi) is 2.57. The Hall–Kier alpha value is -2.21. The van der Waals surface area contributed by atoms with Crippen molar-refractivity contribution in [2.75, 3.05) is 0 Å². The van der Waals surface area contributed by atoms with Crippen LogP contribution in [-0.2, 0) is 5.72 Å². The Bertz CT molecular complexity index is 690. The monoisotopic (exact) mass is 287 g/mol. The predicted molar refractivity (Wildman–Crippen MR) is 76.5 cm³/mol. The fraction of sp³-hybridized carbons (Fsp3) is 0.400. The maximum absolute atomic E-state index is 12.7. The van der Waals surface area contributed by atoms with E-state index in [1.54, 1.807) is 24.3 Å². The van der Waals surface area contributed by atoms with Gasteiger partial charge >= 0.3 is 6.03 Å². The molecule has 6 nitrogen and oxygen atoms in total. The molecular formula is C15H17N3O3. The summed E-state index contributed by atoms with van der Waals surface area (Å²) in [6, 6.07) is 5.83. The lowest BCUT2D eigenvalue weighted by molar-refractivity contribution is -0.0838. The number of hydrogen-bond acceptors (Lipinski definition) is 4. The molecule has 1 aromatic rings. The lowest BCUT2D eigenvalue weighted by Crippen LogP contribution is -2.49. The first-order chi connectivity index (χ1) is 9.69. The number of nitrogens with two attached hydrogens (primary N) is 1. The summed E-state index contributed by atoms with van der Waals surface area (Å²) < 4.78 is 0. The van der Waals surface area contributed by atoms with E-state index in [9.17, 15) is 14.7 Å². The summed E-state index contributed by atoms with van der Waals surface area (Å²) in [5.74, 6) is -1.13. The summed E-state index contributed by atoms with van der Waals surface area (Å²) in [4.78, 5) is 24.4. The third kappa shape index (κ3) is 1.59. The summed E-state index contributed by atoms with van der Waals surface area (Å²) in [5, 5.41) is 16.1. The van der Waals surface area contributed by atoms with Crippen LogP contribution in [0.2, 0.25) is 0 Å². The molecule has 1 aliphatic heterocycles. The van der Waals surface area contributed by atoms with Crippen molar-refractivity contribution in [3.05, 3.63) is 35.4 Å². The zero-order chi connectivity index (χ0) is 15.6. The van der Waals surface area contributed by atoms with E-state index in [0.717, 1.165) is 5.01 Å². The lowest BCUT2D eigenvalue weighted by Gasteiger charge is -2.31. The first-order valence-corrected chi connectivity index (χ1v) is 6.73. The van der Waals surface area contributed by atoms with Gasteiger partial charge in [-0.05, 0) is 0 Å². The van der Waals surface area contributed by atoms with E-state index in [2.05, 4.69) is 5.10 Å². The minimum Gasteiger partial charge on any atom is -0.364 e. The molecule has 21 heavy (non-hydrogen) atoms. The Morgan fingerprint density at radius 3 is 2.57 bits per heavy atom. The Balaban J connectivity index is 2.27. The number of urea groups is 1. The third-order valence-corrected chi connectivity index (χ3v) is 4.03. The molecule has 0 spiro atoms. The molecule has 2 amide bonds. The molecule has 0 unspecified atom stereocenters. The quantitative estimate of drug-likeness (QED) is 0.755. The third-order valence-electron chi connectivity index (χ3n) is 4.03. The first kappa shape index (κ1) is 13.8. The number of primary amides is 1. The molecule has 0 fully saturated rings. The highest BCUT2D eigenvalue weighted by atomic mass is 16.3. The number of Topliss-reactive ketones (excluding diaryl/α,β-unsaturated/α-hetero) is 1. The van der Waals surface area contributed by atoms with E-state index in [1.165, 1.54) is 0 Å². The van der Waals surface area contributed by atoms with E-state index in [4.69, 9.17) is 5.73 Å². The number of hydrazone groups is 1. The topological polar surface area (TPSA) is 96.0 Å². The van der Waals surface area contributed by atoms with E-state index in [-0.39, 0.29) is 5.78 Å². The van der Waals surface area contributed by atoms with Crippen molar-refractivity contribution >= 4 is 17.5 Å². The van der Waals surface area contributed by atoms with Gasteiger partial charge in [-0.25, -0.2) is 4.79 Å². The standard InChI is InChI=1S/C15H17N3O3/c1-14(2,3)12-10-11(19)8-6-4-5-7-9(8)15(10,21)18(17-12)13(16)20/h4-7,10,21H,1-3H3,(H2,16,20)/t10-,15+/m0/s1. The highest BCUT2D eigenvalue weighted by molar-refractivity contribution is 6.19. The molecule has 110 valence electrons. The number of hydrogen-bond donors (Lipinski definition) is 2. The average Bonchev–Trinajstić information content (AvgIpc) is 2.82. The van der Waals surface area contributed by atoms with E-state index in [1.807, 2.05) is 20.8 Å². The molecule has 0 saturated carbocycles. The van der Waals surface area contributed by atoms with Crippen LogP contribution in [0.15, 0.2) is 29.4 Å². The van der Waals surface area contributed by atoms with Crippen LogP contribution in [0.4, 0.5) is 4.79 Å². The van der Waals surface area contributed by atoms with Gasteiger partial charge in [0.2, 0.25) is 5.72 Å². The second-order valence-electron chi connectivity index (χ2n) is 6.45. The minimum atomic E-state index is -1.82. The van der Waals surface area contributed by atoms with Crippen molar-refractivity contribution < 1.29 is 14.7 Å². The molecule has 6 heteroatoms. The smallest absolute Gasteiger partial charge is 0.338 e. The van der Waals surface area contributed by atoms with Crippen LogP contribution in [-0.4, -0.2) is 27.6 Å². The SMILES string of the molecule is CC(C)(C)C1=NN(C(N)=O)[C@@]2(O)c3ccccc3C(=O)[C@@H]12. The van der Waals surface area contributed by atoms with Gasteiger partial charge in [0, 0.05) is 16.5 Å². The van der Waals surface area contributed by atoms with Crippen LogP contribution in [0.3, 0.4) is 0 Å². The number of fused-ring (bicyclic) bond motifs is 3. The minimum absolute atomic E-state index is 0.231. The molecule has 0 radical (unpaired) electrons. The molecule has 0 aromatic heterocycles. The van der Waals surface area contributed by atoms with Crippen molar-refractivity contribution in [2.24, 2.45) is 22.2 Å². The molecule has 0 saturated heterocycles. The maximum Gasteiger partial charge on any atom is 0.338 e. The zero-order valence-electron chi connectivity index (χ0n) is 12.1. The Morgan fingerprint density at radius 2 is 2.00 bits per heavy atom. The van der Waals surface area contributed by atoms with Gasteiger partial charge in [0.05, 0.1) is 5.71 Å². The number of aliphatic hydroxyl groups is 1. The normalized spacial score (nSPS) is 27.4. The van der Waals surface area contributed by atoms with Crippen LogP contribution in [0.1, 0.15) is 36.7 Å². The van der Waals surface area contributed by atoms with Crippen LogP contribution >= 0.6 is 0 Å². The highest BCUT2D eigenvalue weighted by Gasteiger charge is 2.63. The van der Waals surface area contributed by atoms with Crippen molar-refractivity contribution in [1.82, 2.24) is 5.01 Å². The van der Waals surface area contributed by atoms with Crippen LogP contribution in [0.25, 0.3) is 0 Å². The molecule has 2 atom stereocenters. The molecule has 3 N–H and O–H groups in total. The second kappa shape index (κ2) is 3.92. The number of carbonyl (C=O) groups is 2. The van der Waals surface area contributed by atoms with Crippen LogP contribution in [0, 0.1) is 11.3 Å². The number of nitrogens with zero attached hydrogens (tertiary/aromatic N) is 2. The number of benzene rings is 1. The average molecular weight is 287 g/mol. The lowest BCUT2D eigenvalue weighted by atomic mass is 9.78. The summed E-state index contributed by atoms with van der Waals surface area (Å²) in [5.41, 5.74) is 4.32. The molecule has 1 aromatic carbocycles. The maximum atomic E-state index is 12.7. The first-order valence-electron chi connectivity index (χ1n) is 6.73. The summed E-state index contributed by atoms with van der Waals surface area (Å²) >= 11 is 0. The molecular weight excluding hydrogens is 270 g/mol. The molecule has 2 aliphatic rings. The number of carbonyl (C=O) groups excluding carboxylic acids is 2. The zero-order valence-corrected chi connectivity index (χ0v) is 12.1. The van der Waals surface area contributed by atoms with E-state index < -0.39 is 23.1 Å². The van der Waals surface area contributed by atoms with Crippen molar-refractivity contribution in [3.63, 3.8) is 0 Å². The summed E-state index contributed by atoms with van der Waals surface area (Å²) in [7, 11) is 0. The molecule has 1 heterocycles. The predicted octanol–water partition coefficient (Wildman–Crippen LogP) is 1.44. The van der Waals surface area contributed by atoms with Gasteiger partial charge in [0.15, 0.2) is 5.78 Å². The van der Waals surface area contributed by atoms with Crippen LogP contribution < -0.4 is 5.73 Å². The van der Waals surface area contributed by atoms with E-state index >= 15 is 0 Å². The van der Waals surface area contributed by atoms with Gasteiger partial charge in [-0.1, -0.05) is 45.0 Å². The number of ketones is 1. The molecule has 1 aliphatic carbocycles. The fourth-order valence-corrected chi connectivity index (χ4v) is 3.11. The Morgan fingerprint density at radius 1 is 1.38 bits per heavy atom. The Labute approximate surface area is 122 Å². The summed E-state index contributed by atoms with van der Waals surface area (Å²) in [6.07, 6.45) is 0. The highest BCUT2D eigenvalue weighted by Crippen LogP contribution is 2.50. The molecule has 0 bridgehead atoms. The van der Waals surface area contributed by atoms with Gasteiger partial charge in [-0.3, -0.25) is 4.79 Å². The van der Waals surface area contributed by atoms with E-state index in [0.29, 0.717) is 16.8 Å². The largest absolute Gasteiger partial charge is 0.364 e. The van der Waals surface area contributed by atoms with Gasteiger partial charge in [-0.15, -0.1) is 0 Å². The summed E-state index contributed by atoms with van der Waals surface area (Å²) in [6.45, 7) is 5.65. The van der Waals surface area contributed by atoms with Crippen molar-refractivity contribution in [3.8, 4) is 0 Å². The van der Waals surface area contributed by atoms with Gasteiger partial charge in [0.1, 0.15) is 5.92 Å². The van der Waals surface area contributed by atoms with Gasteiger partial charge in [-0.2, -0.15) is 10.1 Å². The van der Waals surface area contributed by atoms with Gasteiger partial charge < -0.3 is 10.8 Å². The molecule has 3 rings (SSSR count). The number of amides is 2. The number of rotatable bonds is 0. The second-order valence-corrected chi connectivity index (χ2v) is 6.45. The fourth-order valence-electron chi connectivity index (χ4n) is 3.11. The van der Waals surface area contributed by atoms with Crippen molar-refractivity contribution in [1.29, 1.82) is 0 Å². The van der Waals surface area contributed by atoms with Gasteiger partial charge in [0.25, 0.3) is 0 Å².